The second-order valence-corrected chi connectivity index (χ2v) is 4.72. The molecule has 0 bridgehead atoms. The zero-order chi connectivity index (χ0) is 16.3. The van der Waals surface area contributed by atoms with E-state index in [2.05, 4.69) is 0 Å². The molecular weight excluding hydrogens is 290 g/mol. The van der Waals surface area contributed by atoms with Gasteiger partial charge in [-0.15, -0.1) is 0 Å². The maximum absolute atomic E-state index is 13.4. The molecule has 3 nitrogen and oxygen atoms in total. The number of rotatable bonds is 5. The standard InChI is InChI=1S/C14H17F4NO2/c1-4-21-9(2)12(20)19-13(3,14(16,17)18)10-5-7-11(15)8-6-10/h5-9H,4H2,1-3H3,(H,19,20)/t9-,13+/m0/s1. The summed E-state index contributed by atoms with van der Waals surface area (Å²) in [5.41, 5.74) is -2.88. The number of hydrogen-bond acceptors (Lipinski definition) is 2. The van der Waals surface area contributed by atoms with Crippen LogP contribution in [0.3, 0.4) is 0 Å². The highest BCUT2D eigenvalue weighted by atomic mass is 19.4. The number of halogens is 4. The predicted molar refractivity (Wildman–Crippen MR) is 69.0 cm³/mol. The lowest BCUT2D eigenvalue weighted by molar-refractivity contribution is -0.199. The molecule has 0 aromatic heterocycles. The number of carbonyl (C=O) groups excluding carboxylic acids is 1. The highest BCUT2D eigenvalue weighted by molar-refractivity contribution is 5.81. The highest BCUT2D eigenvalue weighted by Gasteiger charge is 2.53. The number of amides is 1. The largest absolute Gasteiger partial charge is 0.415 e. The molecule has 0 spiro atoms. The third-order valence-corrected chi connectivity index (χ3v) is 3.15. The van der Waals surface area contributed by atoms with E-state index in [4.69, 9.17) is 4.74 Å². The molecule has 0 saturated heterocycles. The SMILES string of the molecule is CCO[C@@H](C)C(=O)N[C@](C)(c1ccc(F)cc1)C(F)(F)F. The highest BCUT2D eigenvalue weighted by Crippen LogP contribution is 2.38. The van der Waals surface area contributed by atoms with Gasteiger partial charge in [0.1, 0.15) is 11.9 Å². The summed E-state index contributed by atoms with van der Waals surface area (Å²) in [5, 5.41) is 1.94. The Morgan fingerprint density at radius 3 is 2.24 bits per heavy atom. The van der Waals surface area contributed by atoms with E-state index in [0.717, 1.165) is 31.2 Å². The quantitative estimate of drug-likeness (QED) is 0.849. The van der Waals surface area contributed by atoms with Crippen LogP contribution in [0.5, 0.6) is 0 Å². The average molecular weight is 307 g/mol. The van der Waals surface area contributed by atoms with Gasteiger partial charge in [0.05, 0.1) is 0 Å². The zero-order valence-electron chi connectivity index (χ0n) is 11.9. The van der Waals surface area contributed by atoms with E-state index in [-0.39, 0.29) is 12.2 Å². The average Bonchev–Trinajstić information content (AvgIpc) is 2.38. The van der Waals surface area contributed by atoms with Crippen molar-refractivity contribution in [1.29, 1.82) is 0 Å². The van der Waals surface area contributed by atoms with Crippen LogP contribution in [0.2, 0.25) is 0 Å². The lowest BCUT2D eigenvalue weighted by Gasteiger charge is -2.34. The third-order valence-electron chi connectivity index (χ3n) is 3.15. The molecule has 0 aliphatic carbocycles. The van der Waals surface area contributed by atoms with Crippen LogP contribution in [-0.4, -0.2) is 24.8 Å². The number of alkyl halides is 3. The molecule has 0 saturated carbocycles. The third kappa shape index (κ3) is 3.93. The Hall–Kier alpha value is -1.63. The maximum Gasteiger partial charge on any atom is 0.415 e. The zero-order valence-corrected chi connectivity index (χ0v) is 11.9. The van der Waals surface area contributed by atoms with Gasteiger partial charge in [-0.3, -0.25) is 4.79 Å². The van der Waals surface area contributed by atoms with Crippen LogP contribution < -0.4 is 5.32 Å². The second kappa shape index (κ2) is 6.43. The van der Waals surface area contributed by atoms with E-state index in [9.17, 15) is 22.4 Å². The summed E-state index contributed by atoms with van der Waals surface area (Å²) < 4.78 is 57.9. The van der Waals surface area contributed by atoms with E-state index < -0.39 is 29.5 Å². The molecule has 2 atom stereocenters. The molecular formula is C14H17F4NO2. The lowest BCUT2D eigenvalue weighted by Crippen LogP contribution is -2.56. The summed E-state index contributed by atoms with van der Waals surface area (Å²) in [4.78, 5) is 11.8. The van der Waals surface area contributed by atoms with Crippen molar-refractivity contribution in [2.75, 3.05) is 6.61 Å². The van der Waals surface area contributed by atoms with Gasteiger partial charge in [-0.25, -0.2) is 4.39 Å². The van der Waals surface area contributed by atoms with Crippen LogP contribution in [0.4, 0.5) is 17.6 Å². The van der Waals surface area contributed by atoms with Gasteiger partial charge in [0.25, 0.3) is 0 Å². The van der Waals surface area contributed by atoms with Crippen LogP contribution in [0, 0.1) is 5.82 Å². The summed E-state index contributed by atoms with van der Waals surface area (Å²) in [6, 6.07) is 3.82. The molecule has 0 fully saturated rings. The Morgan fingerprint density at radius 1 is 1.29 bits per heavy atom. The van der Waals surface area contributed by atoms with Gasteiger partial charge < -0.3 is 10.1 Å². The first-order valence-electron chi connectivity index (χ1n) is 6.38. The number of benzene rings is 1. The molecule has 0 aliphatic heterocycles. The fraction of sp³-hybridized carbons (Fsp3) is 0.500. The van der Waals surface area contributed by atoms with E-state index in [1.807, 2.05) is 5.32 Å². The summed E-state index contributed by atoms with van der Waals surface area (Å²) in [6.07, 6.45) is -5.76. The Bertz CT molecular complexity index is 487. The van der Waals surface area contributed by atoms with Crippen molar-refractivity contribution >= 4 is 5.91 Å². The molecule has 1 rings (SSSR count). The number of ether oxygens (including phenoxy) is 1. The van der Waals surface area contributed by atoms with Crippen LogP contribution in [0.1, 0.15) is 26.3 Å². The maximum atomic E-state index is 13.4. The van der Waals surface area contributed by atoms with Crippen LogP contribution in [-0.2, 0) is 15.1 Å². The summed E-state index contributed by atoms with van der Waals surface area (Å²) in [6.45, 7) is 4.03. The summed E-state index contributed by atoms with van der Waals surface area (Å²) >= 11 is 0. The second-order valence-electron chi connectivity index (χ2n) is 4.72. The van der Waals surface area contributed by atoms with Crippen LogP contribution in [0.25, 0.3) is 0 Å². The van der Waals surface area contributed by atoms with Crippen molar-refractivity contribution in [3.63, 3.8) is 0 Å². The molecule has 1 N–H and O–H groups in total. The fourth-order valence-corrected chi connectivity index (χ4v) is 1.76. The van der Waals surface area contributed by atoms with Crippen LogP contribution in [0.15, 0.2) is 24.3 Å². The molecule has 1 aromatic carbocycles. The summed E-state index contributed by atoms with van der Waals surface area (Å²) in [7, 11) is 0. The first-order valence-corrected chi connectivity index (χ1v) is 6.38. The molecule has 0 aliphatic rings. The molecule has 0 unspecified atom stereocenters. The van der Waals surface area contributed by atoms with E-state index in [1.54, 1.807) is 6.92 Å². The van der Waals surface area contributed by atoms with Crippen molar-refractivity contribution in [1.82, 2.24) is 5.32 Å². The molecule has 0 heterocycles. The molecule has 7 heteroatoms. The first-order chi connectivity index (χ1) is 9.61. The first kappa shape index (κ1) is 17.4. The van der Waals surface area contributed by atoms with Gasteiger partial charge >= 0.3 is 6.18 Å². The topological polar surface area (TPSA) is 38.3 Å². The van der Waals surface area contributed by atoms with E-state index in [1.165, 1.54) is 6.92 Å². The normalized spacial score (nSPS) is 16.1. The van der Waals surface area contributed by atoms with Crippen molar-refractivity contribution in [3.8, 4) is 0 Å². The predicted octanol–water partition coefficient (Wildman–Crippen LogP) is 3.14. The van der Waals surface area contributed by atoms with Gasteiger partial charge in [0.2, 0.25) is 5.91 Å². The van der Waals surface area contributed by atoms with Crippen molar-refractivity contribution < 1.29 is 27.1 Å². The smallest absolute Gasteiger partial charge is 0.369 e. The summed E-state index contributed by atoms with van der Waals surface area (Å²) in [5.74, 6) is -1.54. The van der Waals surface area contributed by atoms with Crippen molar-refractivity contribution in [3.05, 3.63) is 35.6 Å². The minimum atomic E-state index is -4.74. The number of nitrogens with one attached hydrogen (secondary N) is 1. The van der Waals surface area contributed by atoms with Crippen LogP contribution >= 0.6 is 0 Å². The van der Waals surface area contributed by atoms with Crippen molar-refractivity contribution in [2.24, 2.45) is 0 Å². The fourth-order valence-electron chi connectivity index (χ4n) is 1.76. The number of carbonyl (C=O) groups is 1. The molecule has 21 heavy (non-hydrogen) atoms. The van der Waals surface area contributed by atoms with E-state index in [0.29, 0.717) is 0 Å². The Balaban J connectivity index is 3.11. The van der Waals surface area contributed by atoms with Gasteiger partial charge in [-0.05, 0) is 38.5 Å². The Morgan fingerprint density at radius 2 is 1.81 bits per heavy atom. The number of hydrogen-bond donors (Lipinski definition) is 1. The van der Waals surface area contributed by atoms with Crippen molar-refractivity contribution in [2.45, 2.75) is 38.6 Å². The van der Waals surface area contributed by atoms with Gasteiger partial charge in [-0.1, -0.05) is 12.1 Å². The van der Waals surface area contributed by atoms with Gasteiger partial charge in [0, 0.05) is 6.61 Å². The minimum Gasteiger partial charge on any atom is -0.369 e. The lowest BCUT2D eigenvalue weighted by atomic mass is 9.91. The monoisotopic (exact) mass is 307 g/mol. The Labute approximate surface area is 120 Å². The van der Waals surface area contributed by atoms with Gasteiger partial charge in [-0.2, -0.15) is 13.2 Å². The molecule has 1 aromatic rings. The minimum absolute atomic E-state index is 0.202. The molecule has 118 valence electrons. The Kier molecular flexibility index (Phi) is 5.33. The molecule has 1 amide bonds. The van der Waals surface area contributed by atoms with E-state index >= 15 is 0 Å². The molecule has 0 radical (unpaired) electrons. The van der Waals surface area contributed by atoms with Gasteiger partial charge in [0.15, 0.2) is 5.54 Å².